The molecule has 8 heteroatoms. The Morgan fingerprint density at radius 2 is 1.79 bits per heavy atom. The third-order valence-electron chi connectivity index (χ3n) is 6.99. The van der Waals surface area contributed by atoms with Crippen LogP contribution in [0.2, 0.25) is 5.02 Å². The molecule has 0 radical (unpaired) electrons. The number of nitrogens with one attached hydrogen (secondary N) is 2. The topological polar surface area (TPSA) is 91.5 Å². The molecule has 5 aromatic rings. The molecular weight excluding hydrogens is 506 g/mol. The molecule has 2 N–H and O–H groups in total. The highest BCUT2D eigenvalue weighted by Crippen LogP contribution is 2.38. The Labute approximate surface area is 233 Å². The van der Waals surface area contributed by atoms with Crippen molar-refractivity contribution < 1.29 is 1.37 Å². The van der Waals surface area contributed by atoms with Crippen LogP contribution in [0.15, 0.2) is 85.2 Å². The molecule has 0 unspecified atom stereocenters. The maximum absolute atomic E-state index is 9.98. The fourth-order valence-electron chi connectivity index (χ4n) is 4.79. The van der Waals surface area contributed by atoms with Crippen LogP contribution in [0.1, 0.15) is 68.0 Å². The number of benzene rings is 3. The van der Waals surface area contributed by atoms with Gasteiger partial charge in [0, 0.05) is 17.3 Å². The number of nitrogens with zero attached hydrogens (tertiary/aromatic N) is 5. The Hall–Kier alpha value is -4.41. The van der Waals surface area contributed by atoms with E-state index in [2.05, 4.69) is 51.1 Å². The van der Waals surface area contributed by atoms with Crippen LogP contribution in [0.3, 0.4) is 0 Å². The fraction of sp³-hybridized carbons (Fsp3) is 0.226. The predicted molar refractivity (Wildman–Crippen MR) is 155 cm³/mol. The van der Waals surface area contributed by atoms with Crippen LogP contribution in [0, 0.1) is 11.3 Å². The lowest BCUT2D eigenvalue weighted by Gasteiger charge is -2.22. The predicted octanol–water partition coefficient (Wildman–Crippen LogP) is 7.45. The van der Waals surface area contributed by atoms with Gasteiger partial charge in [-0.15, -0.1) is 5.10 Å². The number of hydrogen-bond acceptors (Lipinski definition) is 6. The minimum Gasteiger partial charge on any atom is -0.377 e. The van der Waals surface area contributed by atoms with Crippen molar-refractivity contribution in [2.24, 2.45) is 0 Å². The molecule has 1 aliphatic carbocycles. The summed E-state index contributed by atoms with van der Waals surface area (Å²) in [6.07, 6.45) is 6.35. The average Bonchev–Trinajstić information content (AvgIpc) is 3.72. The van der Waals surface area contributed by atoms with Gasteiger partial charge in [0.05, 0.1) is 47.5 Å². The van der Waals surface area contributed by atoms with Gasteiger partial charge in [-0.1, -0.05) is 84.4 Å². The molecule has 1 saturated carbocycles. The van der Waals surface area contributed by atoms with Gasteiger partial charge in [0.1, 0.15) is 11.8 Å². The summed E-state index contributed by atoms with van der Waals surface area (Å²) in [6.45, 7) is 2.10. The summed E-state index contributed by atoms with van der Waals surface area (Å²) >= 11 is 6.79. The van der Waals surface area contributed by atoms with Crippen molar-refractivity contribution >= 4 is 33.9 Å². The lowest BCUT2D eigenvalue weighted by atomic mass is 10.0. The number of fused-ring (bicyclic) bond motifs is 1. The van der Waals surface area contributed by atoms with Gasteiger partial charge in [0.25, 0.3) is 0 Å². The second kappa shape index (κ2) is 10.8. The summed E-state index contributed by atoms with van der Waals surface area (Å²) in [5.41, 5.74) is 4.57. The van der Waals surface area contributed by atoms with Crippen LogP contribution in [-0.2, 0) is 0 Å². The van der Waals surface area contributed by atoms with Crippen molar-refractivity contribution in [3.8, 4) is 6.07 Å². The minimum atomic E-state index is -1.44. The molecule has 1 fully saturated rings. The van der Waals surface area contributed by atoms with Crippen LogP contribution in [0.25, 0.3) is 10.9 Å². The molecule has 0 spiro atoms. The number of hydrogen-bond donors (Lipinski definition) is 2. The number of anilines is 2. The van der Waals surface area contributed by atoms with Crippen molar-refractivity contribution in [1.82, 2.24) is 20.0 Å². The zero-order chi connectivity index (χ0) is 27.7. The molecule has 3 aromatic carbocycles. The highest BCUT2D eigenvalue weighted by Gasteiger charge is 2.27. The molecule has 2 atom stereocenters. The Kier molecular flexibility index (Phi) is 6.53. The number of pyridine rings is 1. The fourth-order valence-corrected chi connectivity index (χ4v) is 5.06. The van der Waals surface area contributed by atoms with Crippen LogP contribution < -0.4 is 10.6 Å². The molecule has 39 heavy (non-hydrogen) atoms. The molecule has 194 valence electrons. The zero-order valence-corrected chi connectivity index (χ0v) is 22.2. The average molecular weight is 535 g/mol. The van der Waals surface area contributed by atoms with Gasteiger partial charge in [-0.2, -0.15) is 5.26 Å². The first-order chi connectivity index (χ1) is 19.5. The Bertz CT molecular complexity index is 1700. The number of aromatic nitrogens is 4. The van der Waals surface area contributed by atoms with E-state index in [1.807, 2.05) is 65.5 Å². The number of nitriles is 1. The van der Waals surface area contributed by atoms with Gasteiger partial charge in [-0.3, -0.25) is 4.98 Å². The van der Waals surface area contributed by atoms with Crippen LogP contribution in [0.4, 0.5) is 11.4 Å². The largest absolute Gasteiger partial charge is 0.377 e. The molecule has 7 nitrogen and oxygen atoms in total. The van der Waals surface area contributed by atoms with Gasteiger partial charge in [0.15, 0.2) is 0 Å². The van der Waals surface area contributed by atoms with E-state index in [1.54, 1.807) is 12.3 Å². The molecular formula is C31H28ClN7. The molecule has 0 bridgehead atoms. The van der Waals surface area contributed by atoms with Gasteiger partial charge in [-0.05, 0) is 42.5 Å². The Balaban J connectivity index is 1.45. The van der Waals surface area contributed by atoms with E-state index in [1.165, 1.54) is 0 Å². The van der Waals surface area contributed by atoms with Crippen molar-refractivity contribution in [3.63, 3.8) is 0 Å². The number of rotatable bonds is 9. The van der Waals surface area contributed by atoms with Crippen LogP contribution in [-0.4, -0.2) is 20.0 Å². The van der Waals surface area contributed by atoms with E-state index in [9.17, 15) is 6.63 Å². The highest BCUT2D eigenvalue weighted by molar-refractivity contribution is 6.35. The van der Waals surface area contributed by atoms with Crippen LogP contribution in [0.5, 0.6) is 0 Å². The highest BCUT2D eigenvalue weighted by atomic mass is 35.5. The molecule has 2 heterocycles. The summed E-state index contributed by atoms with van der Waals surface area (Å²) in [7, 11) is 0. The SMILES string of the molecule is [2H][C@@](Nc1cc(Cl)c2ncc(C#N)c(N[C@H](CC)c3ccccc3)c2c1)(c1ccccc1)c1cn(C2CC2)nn1. The quantitative estimate of drug-likeness (QED) is 0.204. The molecule has 0 saturated heterocycles. The van der Waals surface area contributed by atoms with Crippen molar-refractivity contribution in [2.45, 2.75) is 44.3 Å². The van der Waals surface area contributed by atoms with Gasteiger partial charge >= 0.3 is 0 Å². The maximum atomic E-state index is 9.98. The van der Waals surface area contributed by atoms with Gasteiger partial charge < -0.3 is 10.6 Å². The summed E-state index contributed by atoms with van der Waals surface area (Å²) in [5, 5.41) is 26.8. The second-order valence-electron chi connectivity index (χ2n) is 9.71. The molecule has 0 aliphatic heterocycles. The van der Waals surface area contributed by atoms with Gasteiger partial charge in [0.2, 0.25) is 0 Å². The van der Waals surface area contributed by atoms with E-state index < -0.39 is 6.02 Å². The molecule has 6 rings (SSSR count). The van der Waals surface area contributed by atoms with E-state index in [-0.39, 0.29) is 6.04 Å². The van der Waals surface area contributed by atoms with Crippen LogP contribution >= 0.6 is 11.6 Å². The summed E-state index contributed by atoms with van der Waals surface area (Å²) in [5.74, 6) is 0. The maximum Gasteiger partial charge on any atom is 0.109 e. The summed E-state index contributed by atoms with van der Waals surface area (Å²) in [6, 6.07) is 24.5. The molecule has 0 amide bonds. The lowest BCUT2D eigenvalue weighted by molar-refractivity contribution is 0.610. The van der Waals surface area contributed by atoms with E-state index in [4.69, 9.17) is 11.6 Å². The van der Waals surface area contributed by atoms with E-state index in [0.29, 0.717) is 50.2 Å². The first-order valence-electron chi connectivity index (χ1n) is 13.6. The third-order valence-corrected chi connectivity index (χ3v) is 7.28. The van der Waals surface area contributed by atoms with Gasteiger partial charge in [-0.25, -0.2) is 4.68 Å². The van der Waals surface area contributed by atoms with Crippen molar-refractivity contribution in [3.05, 3.63) is 113 Å². The molecule has 1 aliphatic rings. The summed E-state index contributed by atoms with van der Waals surface area (Å²) < 4.78 is 11.5. The smallest absolute Gasteiger partial charge is 0.109 e. The monoisotopic (exact) mass is 534 g/mol. The Morgan fingerprint density at radius 1 is 1.08 bits per heavy atom. The third kappa shape index (κ3) is 5.16. The number of halogens is 1. The second-order valence-corrected chi connectivity index (χ2v) is 10.1. The minimum absolute atomic E-state index is 0.0219. The lowest BCUT2D eigenvalue weighted by Crippen LogP contribution is -2.14. The first-order valence-corrected chi connectivity index (χ1v) is 13.5. The van der Waals surface area contributed by atoms with E-state index >= 15 is 0 Å². The van der Waals surface area contributed by atoms with Crippen molar-refractivity contribution in [2.75, 3.05) is 10.6 Å². The molecule has 2 aromatic heterocycles. The standard InChI is InChI=1S/C31H28ClN7/c1-2-27(20-9-5-3-6-10-20)36-29-22(17-33)18-34-31-25(29)15-23(16-26(31)32)35-30(21-11-7-4-8-12-21)28-19-39(38-37-28)24-13-14-24/h3-12,15-16,18-19,24,27,30,35H,2,13-14H2,1H3,(H,34,36)/t27-,30-/m1/s1/i30D. The summed E-state index contributed by atoms with van der Waals surface area (Å²) in [4.78, 5) is 4.51. The zero-order valence-electron chi connectivity index (χ0n) is 22.5. The Morgan fingerprint density at radius 3 is 2.46 bits per heavy atom. The normalized spacial score (nSPS) is 15.7. The van der Waals surface area contributed by atoms with E-state index in [0.717, 1.165) is 24.8 Å². The van der Waals surface area contributed by atoms with Crippen molar-refractivity contribution in [1.29, 1.82) is 5.26 Å². The first kappa shape index (κ1) is 23.7.